The summed E-state index contributed by atoms with van der Waals surface area (Å²) in [7, 11) is 2.17. The molecule has 0 saturated carbocycles. The van der Waals surface area contributed by atoms with Gasteiger partial charge in [0.05, 0.1) is 25.5 Å². The standard InChI is InChI=1S/C17H28N4O2S/c1-20-7-3-2-4-15(20)5-6-16(22)18-12-14-13-24-17(19-14)21-8-10-23-11-9-21/h13,15H,2-12H2,1H3,(H,18,22)/t15-/m0/s1. The highest BCUT2D eigenvalue weighted by Gasteiger charge is 2.19. The lowest BCUT2D eigenvalue weighted by atomic mass is 9.98. The molecule has 6 nitrogen and oxygen atoms in total. The van der Waals surface area contributed by atoms with Crippen molar-refractivity contribution < 1.29 is 9.53 Å². The van der Waals surface area contributed by atoms with Crippen LogP contribution in [0.4, 0.5) is 5.13 Å². The molecule has 2 saturated heterocycles. The highest BCUT2D eigenvalue weighted by atomic mass is 32.1. The molecule has 2 aliphatic heterocycles. The van der Waals surface area contributed by atoms with Crippen molar-refractivity contribution in [1.29, 1.82) is 0 Å². The van der Waals surface area contributed by atoms with Gasteiger partial charge in [-0.15, -0.1) is 11.3 Å². The van der Waals surface area contributed by atoms with Crippen LogP contribution >= 0.6 is 11.3 Å². The maximum absolute atomic E-state index is 12.1. The lowest BCUT2D eigenvalue weighted by Gasteiger charge is -2.32. The van der Waals surface area contributed by atoms with E-state index in [0.29, 0.717) is 19.0 Å². The number of morpholine rings is 1. The number of hydrogen-bond acceptors (Lipinski definition) is 6. The topological polar surface area (TPSA) is 57.7 Å². The first-order valence-corrected chi connectivity index (χ1v) is 9.84. The summed E-state index contributed by atoms with van der Waals surface area (Å²) >= 11 is 1.65. The Hall–Kier alpha value is -1.18. The summed E-state index contributed by atoms with van der Waals surface area (Å²) in [6.45, 7) is 5.01. The third kappa shape index (κ3) is 4.91. The van der Waals surface area contributed by atoms with Crippen LogP contribution < -0.4 is 10.2 Å². The minimum absolute atomic E-state index is 0.134. The fraction of sp³-hybridized carbons (Fsp3) is 0.765. The Labute approximate surface area is 148 Å². The maximum atomic E-state index is 12.1. The average Bonchev–Trinajstić information content (AvgIpc) is 3.09. The molecule has 1 atom stereocenters. The van der Waals surface area contributed by atoms with E-state index in [1.54, 1.807) is 11.3 Å². The summed E-state index contributed by atoms with van der Waals surface area (Å²) in [6.07, 6.45) is 5.36. The first kappa shape index (κ1) is 17.6. The highest BCUT2D eigenvalue weighted by molar-refractivity contribution is 7.13. The third-order valence-corrected chi connectivity index (χ3v) is 5.86. The number of thiazole rings is 1. The number of carbonyl (C=O) groups is 1. The Kier molecular flexibility index (Phi) is 6.45. The molecule has 134 valence electrons. The first-order chi connectivity index (χ1) is 11.7. The number of carbonyl (C=O) groups excluding carboxylic acids is 1. The monoisotopic (exact) mass is 352 g/mol. The molecule has 2 aliphatic rings. The quantitative estimate of drug-likeness (QED) is 0.847. The zero-order chi connectivity index (χ0) is 16.8. The molecule has 0 spiro atoms. The van der Waals surface area contributed by atoms with Gasteiger partial charge in [-0.05, 0) is 32.9 Å². The zero-order valence-corrected chi connectivity index (χ0v) is 15.3. The molecular weight excluding hydrogens is 324 g/mol. The number of rotatable bonds is 6. The van der Waals surface area contributed by atoms with E-state index in [1.165, 1.54) is 19.3 Å². The minimum atomic E-state index is 0.134. The Morgan fingerprint density at radius 2 is 2.21 bits per heavy atom. The molecule has 3 rings (SSSR count). The summed E-state index contributed by atoms with van der Waals surface area (Å²) in [6, 6.07) is 0.566. The second kappa shape index (κ2) is 8.78. The van der Waals surface area contributed by atoms with Gasteiger partial charge < -0.3 is 19.9 Å². The number of nitrogens with one attached hydrogen (secondary N) is 1. The summed E-state index contributed by atoms with van der Waals surface area (Å²) in [5, 5.41) is 6.09. The van der Waals surface area contributed by atoms with E-state index in [9.17, 15) is 4.79 Å². The van der Waals surface area contributed by atoms with Gasteiger partial charge in [0.15, 0.2) is 5.13 Å². The van der Waals surface area contributed by atoms with Crippen LogP contribution in [-0.2, 0) is 16.1 Å². The molecule has 1 N–H and O–H groups in total. The molecule has 2 fully saturated rings. The van der Waals surface area contributed by atoms with Gasteiger partial charge in [0.2, 0.25) is 5.91 Å². The van der Waals surface area contributed by atoms with Crippen LogP contribution in [0.25, 0.3) is 0 Å². The minimum Gasteiger partial charge on any atom is -0.378 e. The summed E-state index contributed by atoms with van der Waals surface area (Å²) in [5.74, 6) is 0.134. The Bertz CT molecular complexity index is 530. The van der Waals surface area contributed by atoms with E-state index in [2.05, 4.69) is 27.1 Å². The van der Waals surface area contributed by atoms with Gasteiger partial charge in [-0.2, -0.15) is 0 Å². The molecule has 1 aromatic heterocycles. The second-order valence-corrected chi connectivity index (χ2v) is 7.50. The van der Waals surface area contributed by atoms with Crippen molar-refractivity contribution in [2.45, 2.75) is 44.7 Å². The Morgan fingerprint density at radius 3 is 3.00 bits per heavy atom. The van der Waals surface area contributed by atoms with Gasteiger partial charge in [0.1, 0.15) is 0 Å². The van der Waals surface area contributed by atoms with Crippen LogP contribution in [0.1, 0.15) is 37.8 Å². The van der Waals surface area contributed by atoms with Crippen molar-refractivity contribution in [3.05, 3.63) is 11.1 Å². The van der Waals surface area contributed by atoms with E-state index >= 15 is 0 Å². The van der Waals surface area contributed by atoms with Crippen LogP contribution in [0.3, 0.4) is 0 Å². The summed E-state index contributed by atoms with van der Waals surface area (Å²) in [4.78, 5) is 21.4. The van der Waals surface area contributed by atoms with Crippen molar-refractivity contribution in [3.63, 3.8) is 0 Å². The predicted octanol–water partition coefficient (Wildman–Crippen LogP) is 1.86. The third-order valence-electron chi connectivity index (χ3n) is 4.91. The average molecular weight is 353 g/mol. The lowest BCUT2D eigenvalue weighted by Crippen LogP contribution is -2.37. The van der Waals surface area contributed by atoms with Gasteiger partial charge in [0.25, 0.3) is 0 Å². The summed E-state index contributed by atoms with van der Waals surface area (Å²) < 4.78 is 5.37. The number of ether oxygens (including phenoxy) is 1. The van der Waals surface area contributed by atoms with Gasteiger partial charge in [-0.25, -0.2) is 4.98 Å². The van der Waals surface area contributed by atoms with Crippen molar-refractivity contribution in [2.24, 2.45) is 0 Å². The van der Waals surface area contributed by atoms with Gasteiger partial charge in [-0.3, -0.25) is 4.79 Å². The number of likely N-dealkylation sites (tertiary alicyclic amines) is 1. The largest absolute Gasteiger partial charge is 0.378 e. The van der Waals surface area contributed by atoms with Crippen LogP contribution in [0.5, 0.6) is 0 Å². The second-order valence-electron chi connectivity index (χ2n) is 6.67. The molecule has 7 heteroatoms. The van der Waals surface area contributed by atoms with Gasteiger partial charge >= 0.3 is 0 Å². The number of nitrogens with zero attached hydrogens (tertiary/aromatic N) is 3. The molecule has 0 unspecified atom stereocenters. The normalized spacial score (nSPS) is 22.5. The number of piperidine rings is 1. The van der Waals surface area contributed by atoms with Crippen molar-refractivity contribution >= 4 is 22.4 Å². The molecular formula is C17H28N4O2S. The fourth-order valence-electron chi connectivity index (χ4n) is 3.36. The van der Waals surface area contributed by atoms with Gasteiger partial charge in [-0.1, -0.05) is 6.42 Å². The predicted molar refractivity (Wildman–Crippen MR) is 96.5 cm³/mol. The highest BCUT2D eigenvalue weighted by Crippen LogP contribution is 2.21. The smallest absolute Gasteiger partial charge is 0.220 e. The van der Waals surface area contributed by atoms with E-state index in [4.69, 9.17) is 4.74 Å². The maximum Gasteiger partial charge on any atom is 0.220 e. The molecule has 0 bridgehead atoms. The SMILES string of the molecule is CN1CCCC[C@H]1CCC(=O)NCc1csc(N2CCOCC2)n1. The molecule has 24 heavy (non-hydrogen) atoms. The molecule has 0 aromatic carbocycles. The Balaban J connectivity index is 1.39. The van der Waals surface area contributed by atoms with Gasteiger partial charge in [0, 0.05) is 30.9 Å². The summed E-state index contributed by atoms with van der Waals surface area (Å²) in [5.41, 5.74) is 0.949. The molecule has 1 aromatic rings. The molecule has 3 heterocycles. The first-order valence-electron chi connectivity index (χ1n) is 8.96. The van der Waals surface area contributed by atoms with Crippen LogP contribution in [-0.4, -0.2) is 61.7 Å². The lowest BCUT2D eigenvalue weighted by molar-refractivity contribution is -0.121. The van der Waals surface area contributed by atoms with Crippen molar-refractivity contribution in [3.8, 4) is 0 Å². The van der Waals surface area contributed by atoms with Crippen LogP contribution in [0.2, 0.25) is 0 Å². The van der Waals surface area contributed by atoms with Crippen molar-refractivity contribution in [2.75, 3.05) is 44.8 Å². The van der Waals surface area contributed by atoms with E-state index in [1.807, 2.05) is 5.38 Å². The molecule has 1 amide bonds. The van der Waals surface area contributed by atoms with E-state index < -0.39 is 0 Å². The number of aromatic nitrogens is 1. The Morgan fingerprint density at radius 1 is 1.38 bits per heavy atom. The molecule has 0 aliphatic carbocycles. The number of anilines is 1. The van der Waals surface area contributed by atoms with Crippen molar-refractivity contribution in [1.82, 2.24) is 15.2 Å². The van der Waals surface area contributed by atoms with E-state index in [0.717, 1.165) is 50.1 Å². The number of amides is 1. The molecule has 0 radical (unpaired) electrons. The fourth-order valence-corrected chi connectivity index (χ4v) is 4.24. The van der Waals surface area contributed by atoms with Crippen LogP contribution in [0.15, 0.2) is 5.38 Å². The number of hydrogen-bond donors (Lipinski definition) is 1. The van der Waals surface area contributed by atoms with Crippen LogP contribution in [0, 0.1) is 0 Å². The zero-order valence-electron chi connectivity index (χ0n) is 14.5. The van der Waals surface area contributed by atoms with E-state index in [-0.39, 0.29) is 5.91 Å².